The van der Waals surface area contributed by atoms with Gasteiger partial charge in [0.15, 0.2) is 0 Å². The zero-order valence-corrected chi connectivity index (χ0v) is 11.6. The van der Waals surface area contributed by atoms with Crippen molar-refractivity contribution in [1.29, 1.82) is 0 Å². The average Bonchev–Trinajstić information content (AvgIpc) is 2.43. The van der Waals surface area contributed by atoms with Gasteiger partial charge in [-0.15, -0.1) is 0 Å². The molecule has 0 aliphatic carbocycles. The van der Waals surface area contributed by atoms with Crippen LogP contribution in [0.3, 0.4) is 0 Å². The molecule has 0 saturated heterocycles. The first-order valence-corrected chi connectivity index (χ1v) is 6.75. The van der Waals surface area contributed by atoms with Gasteiger partial charge in [0.1, 0.15) is 0 Å². The number of amides is 1. The van der Waals surface area contributed by atoms with Crippen LogP contribution in [-0.2, 0) is 6.54 Å². The van der Waals surface area contributed by atoms with Crippen molar-refractivity contribution in [2.45, 2.75) is 45.7 Å². The summed E-state index contributed by atoms with van der Waals surface area (Å²) in [5.41, 5.74) is 1.93. The van der Waals surface area contributed by atoms with E-state index in [9.17, 15) is 4.79 Å². The molecule has 3 nitrogen and oxygen atoms in total. The third-order valence-corrected chi connectivity index (χ3v) is 3.17. The molecule has 3 heteroatoms. The van der Waals surface area contributed by atoms with E-state index < -0.39 is 0 Å². The first-order chi connectivity index (χ1) is 8.71. The van der Waals surface area contributed by atoms with Crippen molar-refractivity contribution in [1.82, 2.24) is 10.6 Å². The lowest BCUT2D eigenvalue weighted by Crippen LogP contribution is -2.27. The Morgan fingerprint density at radius 3 is 2.39 bits per heavy atom. The zero-order valence-electron chi connectivity index (χ0n) is 11.6. The Morgan fingerprint density at radius 2 is 1.89 bits per heavy atom. The van der Waals surface area contributed by atoms with Gasteiger partial charge in [0, 0.05) is 25.2 Å². The minimum atomic E-state index is -0.0353. The van der Waals surface area contributed by atoms with Crippen molar-refractivity contribution in [2.24, 2.45) is 0 Å². The second-order valence-electron chi connectivity index (χ2n) is 4.55. The third kappa shape index (κ3) is 4.49. The monoisotopic (exact) mass is 248 g/mol. The van der Waals surface area contributed by atoms with E-state index in [1.165, 1.54) is 18.4 Å². The predicted molar refractivity (Wildman–Crippen MR) is 75.7 cm³/mol. The van der Waals surface area contributed by atoms with E-state index in [1.54, 1.807) is 7.05 Å². The van der Waals surface area contributed by atoms with Crippen LogP contribution < -0.4 is 10.6 Å². The summed E-state index contributed by atoms with van der Waals surface area (Å²) < 4.78 is 0. The Labute approximate surface area is 110 Å². The van der Waals surface area contributed by atoms with Crippen LogP contribution in [0.4, 0.5) is 0 Å². The molecule has 0 fully saturated rings. The van der Waals surface area contributed by atoms with E-state index in [0.29, 0.717) is 11.6 Å². The van der Waals surface area contributed by atoms with Crippen LogP contribution in [0.2, 0.25) is 0 Å². The summed E-state index contributed by atoms with van der Waals surface area (Å²) in [5, 5.41) is 6.17. The lowest BCUT2D eigenvalue weighted by molar-refractivity contribution is 0.0963. The van der Waals surface area contributed by atoms with Crippen LogP contribution >= 0.6 is 0 Å². The SMILES string of the molecule is CCCC(CC)NCc1ccc(C(=O)NC)cc1. The fraction of sp³-hybridized carbons (Fsp3) is 0.533. The largest absolute Gasteiger partial charge is 0.355 e. The smallest absolute Gasteiger partial charge is 0.251 e. The van der Waals surface area contributed by atoms with Gasteiger partial charge in [-0.05, 0) is 30.5 Å². The Bertz CT molecular complexity index is 359. The summed E-state index contributed by atoms with van der Waals surface area (Å²) in [6.07, 6.45) is 3.58. The molecule has 1 aromatic rings. The molecule has 0 aliphatic rings. The quantitative estimate of drug-likeness (QED) is 0.779. The topological polar surface area (TPSA) is 41.1 Å². The van der Waals surface area contributed by atoms with E-state index in [4.69, 9.17) is 0 Å². The maximum absolute atomic E-state index is 11.4. The Kier molecular flexibility index (Phi) is 6.44. The molecule has 0 aromatic heterocycles. The Hall–Kier alpha value is -1.35. The van der Waals surface area contributed by atoms with Crippen molar-refractivity contribution in [3.63, 3.8) is 0 Å². The molecule has 18 heavy (non-hydrogen) atoms. The Morgan fingerprint density at radius 1 is 1.22 bits per heavy atom. The minimum Gasteiger partial charge on any atom is -0.355 e. The van der Waals surface area contributed by atoms with Crippen LogP contribution in [0.15, 0.2) is 24.3 Å². The van der Waals surface area contributed by atoms with E-state index in [0.717, 1.165) is 13.0 Å². The van der Waals surface area contributed by atoms with Crippen LogP contribution in [0, 0.1) is 0 Å². The lowest BCUT2D eigenvalue weighted by atomic mass is 10.1. The first kappa shape index (κ1) is 14.7. The van der Waals surface area contributed by atoms with Gasteiger partial charge >= 0.3 is 0 Å². The number of carbonyl (C=O) groups is 1. The number of benzene rings is 1. The first-order valence-electron chi connectivity index (χ1n) is 6.75. The van der Waals surface area contributed by atoms with E-state index >= 15 is 0 Å². The van der Waals surface area contributed by atoms with Crippen molar-refractivity contribution < 1.29 is 4.79 Å². The maximum atomic E-state index is 11.4. The number of carbonyl (C=O) groups excluding carboxylic acids is 1. The standard InChI is InChI=1S/C15H24N2O/c1-4-6-14(5-2)17-11-12-7-9-13(10-8-12)15(18)16-3/h7-10,14,17H,4-6,11H2,1-3H3,(H,16,18). The third-order valence-electron chi connectivity index (χ3n) is 3.17. The van der Waals surface area contributed by atoms with E-state index in [-0.39, 0.29) is 5.91 Å². The number of rotatable bonds is 7. The van der Waals surface area contributed by atoms with Gasteiger partial charge in [-0.3, -0.25) is 4.79 Å². The highest BCUT2D eigenvalue weighted by Crippen LogP contribution is 2.07. The van der Waals surface area contributed by atoms with Gasteiger partial charge in [-0.2, -0.15) is 0 Å². The molecule has 100 valence electrons. The molecule has 1 amide bonds. The number of hydrogen-bond donors (Lipinski definition) is 2. The summed E-state index contributed by atoms with van der Waals surface area (Å²) in [5.74, 6) is -0.0353. The summed E-state index contributed by atoms with van der Waals surface area (Å²) in [6, 6.07) is 8.35. The minimum absolute atomic E-state index is 0.0353. The maximum Gasteiger partial charge on any atom is 0.251 e. The molecular weight excluding hydrogens is 224 g/mol. The van der Waals surface area contributed by atoms with Gasteiger partial charge in [0.25, 0.3) is 5.91 Å². The van der Waals surface area contributed by atoms with Gasteiger partial charge in [-0.25, -0.2) is 0 Å². The molecule has 0 saturated carbocycles. The highest BCUT2D eigenvalue weighted by atomic mass is 16.1. The second-order valence-corrected chi connectivity index (χ2v) is 4.55. The lowest BCUT2D eigenvalue weighted by Gasteiger charge is -2.16. The predicted octanol–water partition coefficient (Wildman–Crippen LogP) is 2.71. The van der Waals surface area contributed by atoms with Crippen molar-refractivity contribution in [3.8, 4) is 0 Å². The summed E-state index contributed by atoms with van der Waals surface area (Å²) in [4.78, 5) is 11.4. The van der Waals surface area contributed by atoms with Crippen LogP contribution in [0.1, 0.15) is 49.0 Å². The average molecular weight is 248 g/mol. The van der Waals surface area contributed by atoms with Crippen molar-refractivity contribution >= 4 is 5.91 Å². The van der Waals surface area contributed by atoms with Gasteiger partial charge in [-0.1, -0.05) is 32.4 Å². The summed E-state index contributed by atoms with van der Waals surface area (Å²) in [6.45, 7) is 5.29. The Balaban J connectivity index is 2.50. The van der Waals surface area contributed by atoms with E-state index in [1.807, 2.05) is 24.3 Å². The number of nitrogens with one attached hydrogen (secondary N) is 2. The second kappa shape index (κ2) is 7.88. The summed E-state index contributed by atoms with van der Waals surface area (Å²) in [7, 11) is 1.65. The number of hydrogen-bond acceptors (Lipinski definition) is 2. The molecule has 1 atom stereocenters. The molecular formula is C15H24N2O. The molecule has 0 heterocycles. The van der Waals surface area contributed by atoms with E-state index in [2.05, 4.69) is 24.5 Å². The zero-order chi connectivity index (χ0) is 13.4. The molecule has 2 N–H and O–H groups in total. The molecule has 0 radical (unpaired) electrons. The summed E-state index contributed by atoms with van der Waals surface area (Å²) >= 11 is 0. The fourth-order valence-electron chi connectivity index (χ4n) is 1.98. The normalized spacial score (nSPS) is 12.2. The fourth-order valence-corrected chi connectivity index (χ4v) is 1.98. The molecule has 1 aromatic carbocycles. The van der Waals surface area contributed by atoms with Crippen molar-refractivity contribution in [3.05, 3.63) is 35.4 Å². The molecule has 0 aliphatic heterocycles. The molecule has 0 bridgehead atoms. The molecule has 0 spiro atoms. The molecule has 1 unspecified atom stereocenters. The highest BCUT2D eigenvalue weighted by molar-refractivity contribution is 5.93. The van der Waals surface area contributed by atoms with Gasteiger partial charge in [0.05, 0.1) is 0 Å². The highest BCUT2D eigenvalue weighted by Gasteiger charge is 2.05. The van der Waals surface area contributed by atoms with Crippen LogP contribution in [0.25, 0.3) is 0 Å². The van der Waals surface area contributed by atoms with Gasteiger partial charge in [0.2, 0.25) is 0 Å². The van der Waals surface area contributed by atoms with Gasteiger partial charge < -0.3 is 10.6 Å². The van der Waals surface area contributed by atoms with Crippen LogP contribution in [-0.4, -0.2) is 19.0 Å². The molecule has 1 rings (SSSR count). The van der Waals surface area contributed by atoms with Crippen molar-refractivity contribution in [2.75, 3.05) is 7.05 Å². The van der Waals surface area contributed by atoms with Crippen LogP contribution in [0.5, 0.6) is 0 Å².